The smallest absolute Gasteiger partial charge is 0.136 e. The van der Waals surface area contributed by atoms with Crippen molar-refractivity contribution in [3.8, 4) is 0 Å². The van der Waals surface area contributed by atoms with Crippen molar-refractivity contribution in [2.75, 3.05) is 13.2 Å². The van der Waals surface area contributed by atoms with Gasteiger partial charge >= 0.3 is 0 Å². The Morgan fingerprint density at radius 1 is 1.59 bits per heavy atom. The average molecular weight is 259 g/mol. The van der Waals surface area contributed by atoms with Gasteiger partial charge in [-0.15, -0.1) is 11.3 Å². The predicted molar refractivity (Wildman–Crippen MR) is 73.2 cm³/mol. The van der Waals surface area contributed by atoms with Crippen molar-refractivity contribution in [1.29, 1.82) is 0 Å². The summed E-state index contributed by atoms with van der Waals surface area (Å²) in [6.07, 6.45) is 3.63. The normalized spacial score (nSPS) is 32.2. The molecule has 0 aliphatic carbocycles. The van der Waals surface area contributed by atoms with Crippen molar-refractivity contribution in [3.05, 3.63) is 12.7 Å². The second-order valence-corrected chi connectivity index (χ2v) is 7.82. The predicted octanol–water partition coefficient (Wildman–Crippen LogP) is 2.41. The first-order chi connectivity index (χ1) is 7.82. The Morgan fingerprint density at radius 3 is 2.71 bits per heavy atom. The minimum absolute atomic E-state index is 0.127. The quantitative estimate of drug-likeness (QED) is 0.623. The molecule has 1 rings (SSSR count). The van der Waals surface area contributed by atoms with E-state index in [9.17, 15) is 4.55 Å². The maximum atomic E-state index is 12.3. The Kier molecular flexibility index (Phi) is 5.07. The molecule has 0 amide bonds. The zero-order valence-electron chi connectivity index (χ0n) is 11.4. The van der Waals surface area contributed by atoms with Crippen LogP contribution < -0.4 is 4.72 Å². The third kappa shape index (κ3) is 3.71. The van der Waals surface area contributed by atoms with Crippen LogP contribution in [0.1, 0.15) is 40.5 Å². The van der Waals surface area contributed by atoms with Crippen molar-refractivity contribution in [1.82, 2.24) is 4.72 Å². The molecule has 1 fully saturated rings. The molecule has 1 aliphatic rings. The van der Waals surface area contributed by atoms with Gasteiger partial charge in [0, 0.05) is 23.9 Å². The van der Waals surface area contributed by atoms with Gasteiger partial charge in [-0.25, -0.2) is 0 Å². The highest BCUT2D eigenvalue weighted by Crippen LogP contribution is 2.32. The zero-order valence-corrected chi connectivity index (χ0v) is 12.2. The Morgan fingerprint density at radius 2 is 2.24 bits per heavy atom. The van der Waals surface area contributed by atoms with E-state index in [1.807, 2.05) is 26.8 Å². The summed E-state index contributed by atoms with van der Waals surface area (Å²) < 4.78 is 20.9. The van der Waals surface area contributed by atoms with Crippen LogP contribution in [0.15, 0.2) is 12.7 Å². The Balaban J connectivity index is 2.80. The first-order valence-corrected chi connectivity index (χ1v) is 7.35. The molecule has 0 aromatic carbocycles. The lowest BCUT2D eigenvalue weighted by Gasteiger charge is -2.43. The molecular formula is C13H25NO2S. The lowest BCUT2D eigenvalue weighted by molar-refractivity contribution is 0.00362. The fraction of sp³-hybridized carbons (Fsp3) is 0.846. The van der Waals surface area contributed by atoms with Gasteiger partial charge in [-0.05, 0) is 33.6 Å². The van der Waals surface area contributed by atoms with Gasteiger partial charge in [0.25, 0.3) is 0 Å². The van der Waals surface area contributed by atoms with Crippen LogP contribution in [-0.2, 0) is 16.1 Å². The van der Waals surface area contributed by atoms with E-state index < -0.39 is 11.4 Å². The second kappa shape index (κ2) is 5.74. The van der Waals surface area contributed by atoms with Crippen LogP contribution in [-0.4, -0.2) is 28.1 Å². The molecule has 4 heteroatoms. The first kappa shape index (κ1) is 15.0. The Bertz CT molecular complexity index is 265. The molecule has 0 saturated carbocycles. The van der Waals surface area contributed by atoms with E-state index in [1.165, 1.54) is 0 Å². The summed E-state index contributed by atoms with van der Waals surface area (Å²) in [5.41, 5.74) is -0.127. The van der Waals surface area contributed by atoms with Crippen molar-refractivity contribution >= 4 is 11.4 Å². The summed E-state index contributed by atoms with van der Waals surface area (Å²) in [4.78, 5) is 0. The second-order valence-electron chi connectivity index (χ2n) is 5.86. The fourth-order valence-electron chi connectivity index (χ4n) is 2.01. The molecule has 1 saturated heterocycles. The van der Waals surface area contributed by atoms with Gasteiger partial charge in [-0.2, -0.15) is 0 Å². The van der Waals surface area contributed by atoms with E-state index in [2.05, 4.69) is 18.2 Å². The molecule has 0 radical (unpaired) electrons. The standard InChI is InChI=1S/C13H25NO2S/c1-6-7-13(8-9-16-10-11(13)2)14-17(15)12(3,4)5/h6,11,14H,1,7-10H2,2-5H3/t11-,13+,17?/m0/s1. The maximum Gasteiger partial charge on any atom is 0.136 e. The number of rotatable bonds is 4. The molecule has 1 N–H and O–H groups in total. The summed E-state index contributed by atoms with van der Waals surface area (Å²) >= 11 is -1.05. The van der Waals surface area contributed by atoms with Crippen LogP contribution in [0.2, 0.25) is 0 Å². The molecule has 0 aromatic heterocycles. The first-order valence-electron chi connectivity index (χ1n) is 6.20. The Labute approximate surface area is 108 Å². The summed E-state index contributed by atoms with van der Waals surface area (Å²) in [5, 5.41) is 0. The highest BCUT2D eigenvalue weighted by molar-refractivity contribution is 7.90. The summed E-state index contributed by atoms with van der Waals surface area (Å²) in [6.45, 7) is 13.4. The third-order valence-corrected chi connectivity index (χ3v) is 5.07. The van der Waals surface area contributed by atoms with Gasteiger partial charge in [-0.1, -0.05) is 13.0 Å². The van der Waals surface area contributed by atoms with E-state index in [1.54, 1.807) is 0 Å². The fourth-order valence-corrected chi connectivity index (χ4v) is 3.07. The van der Waals surface area contributed by atoms with Crippen molar-refractivity contribution in [2.45, 2.75) is 50.8 Å². The van der Waals surface area contributed by atoms with Gasteiger partial charge in [0.2, 0.25) is 0 Å². The van der Waals surface area contributed by atoms with Gasteiger partial charge < -0.3 is 9.29 Å². The van der Waals surface area contributed by atoms with E-state index in [4.69, 9.17) is 4.74 Å². The molecule has 3 atom stereocenters. The summed E-state index contributed by atoms with van der Waals surface area (Å²) in [6, 6.07) is 0. The monoisotopic (exact) mass is 259 g/mol. The molecule has 1 aliphatic heterocycles. The molecule has 0 aromatic rings. The van der Waals surface area contributed by atoms with Crippen LogP contribution >= 0.6 is 0 Å². The zero-order chi connectivity index (χ0) is 13.1. The van der Waals surface area contributed by atoms with Crippen LogP contribution in [0.3, 0.4) is 0 Å². The highest BCUT2D eigenvalue weighted by Gasteiger charge is 2.43. The van der Waals surface area contributed by atoms with E-state index in [-0.39, 0.29) is 10.3 Å². The van der Waals surface area contributed by atoms with Crippen molar-refractivity contribution in [2.24, 2.45) is 5.92 Å². The minimum Gasteiger partial charge on any atom is -0.598 e. The molecule has 100 valence electrons. The van der Waals surface area contributed by atoms with Crippen LogP contribution in [0.4, 0.5) is 0 Å². The van der Waals surface area contributed by atoms with Crippen molar-refractivity contribution < 1.29 is 9.29 Å². The highest BCUT2D eigenvalue weighted by atomic mass is 32.2. The van der Waals surface area contributed by atoms with Crippen LogP contribution in [0, 0.1) is 5.92 Å². The van der Waals surface area contributed by atoms with Crippen LogP contribution in [0.5, 0.6) is 0 Å². The van der Waals surface area contributed by atoms with Gasteiger partial charge in [0.05, 0.1) is 12.1 Å². The molecule has 1 unspecified atom stereocenters. The van der Waals surface area contributed by atoms with E-state index in [0.717, 1.165) is 26.1 Å². The summed E-state index contributed by atoms with van der Waals surface area (Å²) in [5.74, 6) is 0.348. The molecule has 3 nitrogen and oxygen atoms in total. The minimum atomic E-state index is -1.05. The van der Waals surface area contributed by atoms with Gasteiger partial charge in [-0.3, -0.25) is 0 Å². The molecule has 0 bridgehead atoms. The van der Waals surface area contributed by atoms with Gasteiger partial charge in [0.1, 0.15) is 4.75 Å². The number of hydrogen-bond acceptors (Lipinski definition) is 3. The largest absolute Gasteiger partial charge is 0.598 e. The number of hydrogen-bond donors (Lipinski definition) is 1. The number of nitrogens with one attached hydrogen (secondary N) is 1. The molecular weight excluding hydrogens is 234 g/mol. The van der Waals surface area contributed by atoms with Crippen molar-refractivity contribution in [3.63, 3.8) is 0 Å². The molecule has 17 heavy (non-hydrogen) atoms. The van der Waals surface area contributed by atoms with Gasteiger partial charge in [0.15, 0.2) is 0 Å². The Hall–Kier alpha value is -0.0300. The van der Waals surface area contributed by atoms with E-state index >= 15 is 0 Å². The van der Waals surface area contributed by atoms with Crippen LogP contribution in [0.25, 0.3) is 0 Å². The lowest BCUT2D eigenvalue weighted by atomic mass is 9.79. The molecule has 1 heterocycles. The number of ether oxygens (including phenoxy) is 1. The maximum absolute atomic E-state index is 12.3. The third-order valence-electron chi connectivity index (χ3n) is 3.36. The lowest BCUT2D eigenvalue weighted by Crippen LogP contribution is -2.59. The average Bonchev–Trinajstić information content (AvgIpc) is 2.21. The summed E-state index contributed by atoms with van der Waals surface area (Å²) in [7, 11) is 0. The molecule has 0 spiro atoms. The SMILES string of the molecule is C=CC[C@@]1(N[S+]([O-])C(C)(C)C)CCOC[C@@H]1C. The topological polar surface area (TPSA) is 44.3 Å². The van der Waals surface area contributed by atoms with E-state index in [0.29, 0.717) is 5.92 Å².